The van der Waals surface area contributed by atoms with Gasteiger partial charge in [0.1, 0.15) is 28.3 Å². The Labute approximate surface area is 265 Å². The van der Waals surface area contributed by atoms with Crippen LogP contribution in [0.2, 0.25) is 0 Å². The average molecular weight is 596 g/mol. The van der Waals surface area contributed by atoms with E-state index < -0.39 is 0 Å². The maximum Gasteiger partial charge on any atom is 0.134 e. The molecule has 1 aliphatic carbocycles. The van der Waals surface area contributed by atoms with Crippen LogP contribution in [-0.2, 0) is 11.0 Å². The predicted molar refractivity (Wildman–Crippen MR) is 184 cm³/mol. The first-order valence-electron chi connectivity index (χ1n) is 16.0. The molecule has 4 aromatic carbocycles. The van der Waals surface area contributed by atoms with E-state index in [-0.39, 0.29) is 11.0 Å². The van der Waals surface area contributed by atoms with Crippen molar-refractivity contribution >= 4 is 32.9 Å². The van der Waals surface area contributed by atoms with Crippen molar-refractivity contribution in [3.05, 3.63) is 143 Å². The molecule has 45 heavy (non-hydrogen) atoms. The van der Waals surface area contributed by atoms with Crippen LogP contribution in [0.15, 0.2) is 123 Å². The molecule has 4 nitrogen and oxygen atoms in total. The minimum atomic E-state index is -0.305. The van der Waals surface area contributed by atoms with Gasteiger partial charge in [0, 0.05) is 21.7 Å². The van der Waals surface area contributed by atoms with Crippen LogP contribution in [0.25, 0.3) is 32.9 Å². The summed E-state index contributed by atoms with van der Waals surface area (Å²) in [6.07, 6.45) is 5.75. The SMILES string of the molecule is Cc1c(C2(c3oc4ccccc4c3C)CCC(c3ccccc3)(N(C)C)CC2)oc2ccccc12.Cc1coc2ccccc12. The molecule has 4 heteroatoms. The van der Waals surface area contributed by atoms with Gasteiger partial charge in [-0.25, -0.2) is 0 Å². The van der Waals surface area contributed by atoms with E-state index in [9.17, 15) is 0 Å². The van der Waals surface area contributed by atoms with E-state index in [0.29, 0.717) is 0 Å². The van der Waals surface area contributed by atoms with Crippen LogP contribution < -0.4 is 0 Å². The zero-order chi connectivity index (χ0) is 31.2. The summed E-state index contributed by atoms with van der Waals surface area (Å²) in [5.74, 6) is 2.14. The third-order valence-electron chi connectivity index (χ3n) is 10.3. The van der Waals surface area contributed by atoms with Gasteiger partial charge in [-0.05, 0) is 101 Å². The largest absolute Gasteiger partial charge is 0.464 e. The zero-order valence-corrected chi connectivity index (χ0v) is 26.9. The summed E-state index contributed by atoms with van der Waals surface area (Å²) in [4.78, 5) is 2.42. The van der Waals surface area contributed by atoms with Gasteiger partial charge < -0.3 is 13.3 Å². The Morgan fingerprint density at radius 3 is 1.49 bits per heavy atom. The molecule has 0 bridgehead atoms. The van der Waals surface area contributed by atoms with E-state index in [0.717, 1.165) is 54.0 Å². The number of nitrogens with zero attached hydrogens (tertiary/aromatic N) is 1. The van der Waals surface area contributed by atoms with E-state index in [2.05, 4.69) is 118 Å². The Hall–Kier alpha value is -4.54. The summed E-state index contributed by atoms with van der Waals surface area (Å²) in [6, 6.07) is 35.9. The molecule has 3 aromatic heterocycles. The lowest BCUT2D eigenvalue weighted by Crippen LogP contribution is -2.48. The molecule has 1 fully saturated rings. The average Bonchev–Trinajstić information content (AvgIpc) is 3.75. The second-order valence-electron chi connectivity index (χ2n) is 12.9. The predicted octanol–water partition coefficient (Wildman–Crippen LogP) is 10.9. The Morgan fingerprint density at radius 1 is 0.533 bits per heavy atom. The number of benzene rings is 4. The van der Waals surface area contributed by atoms with Crippen LogP contribution in [0.1, 0.15) is 59.5 Å². The van der Waals surface area contributed by atoms with Crippen molar-refractivity contribution in [2.45, 2.75) is 57.4 Å². The fraction of sp³-hybridized carbons (Fsp3) is 0.268. The van der Waals surface area contributed by atoms with Gasteiger partial charge in [-0.15, -0.1) is 0 Å². The molecule has 3 heterocycles. The minimum absolute atomic E-state index is 0.00932. The van der Waals surface area contributed by atoms with Crippen molar-refractivity contribution < 1.29 is 13.3 Å². The smallest absolute Gasteiger partial charge is 0.134 e. The van der Waals surface area contributed by atoms with E-state index in [1.165, 1.54) is 38.4 Å². The normalized spacial score (nSPS) is 15.9. The standard InChI is InChI=1S/C32H33NO2.C9H8O/c1-22-25-14-8-10-16-27(25)34-29(22)31(30-23(2)26-15-9-11-17-28(26)35-30)18-20-32(21-19-31,33(3)4)24-12-6-5-7-13-24;1-7-6-10-9-5-3-2-4-8(7)9/h5-17H,18-21H2,1-4H3;2-6H,1H3. The number of para-hydroxylation sites is 3. The van der Waals surface area contributed by atoms with Gasteiger partial charge in [0.2, 0.25) is 0 Å². The highest BCUT2D eigenvalue weighted by Gasteiger charge is 2.51. The second kappa shape index (κ2) is 11.4. The number of fused-ring (bicyclic) bond motifs is 3. The van der Waals surface area contributed by atoms with Crippen LogP contribution in [-0.4, -0.2) is 19.0 Å². The lowest BCUT2D eigenvalue weighted by Gasteiger charge is -2.49. The first-order valence-corrected chi connectivity index (χ1v) is 16.0. The van der Waals surface area contributed by atoms with Crippen molar-refractivity contribution in [1.29, 1.82) is 0 Å². The molecule has 8 rings (SSSR count). The van der Waals surface area contributed by atoms with Gasteiger partial charge >= 0.3 is 0 Å². The third kappa shape index (κ3) is 4.80. The molecule has 7 aromatic rings. The Balaban J connectivity index is 0.000000275. The van der Waals surface area contributed by atoms with Gasteiger partial charge in [-0.3, -0.25) is 4.90 Å². The Bertz CT molecular complexity index is 2000. The quantitative estimate of drug-likeness (QED) is 0.203. The van der Waals surface area contributed by atoms with Gasteiger partial charge in [0.25, 0.3) is 0 Å². The summed E-state index contributed by atoms with van der Waals surface area (Å²) in [7, 11) is 4.44. The van der Waals surface area contributed by atoms with Crippen LogP contribution in [0.4, 0.5) is 0 Å². The molecule has 0 unspecified atom stereocenters. The molecule has 1 saturated carbocycles. The van der Waals surface area contributed by atoms with Gasteiger partial charge in [0.05, 0.1) is 11.7 Å². The Morgan fingerprint density at radius 2 is 1.00 bits per heavy atom. The first-order chi connectivity index (χ1) is 21.8. The minimum Gasteiger partial charge on any atom is -0.464 e. The topological polar surface area (TPSA) is 42.7 Å². The van der Waals surface area contributed by atoms with Crippen molar-refractivity contribution in [2.24, 2.45) is 0 Å². The zero-order valence-electron chi connectivity index (χ0n) is 26.9. The van der Waals surface area contributed by atoms with Gasteiger partial charge in [-0.2, -0.15) is 0 Å². The van der Waals surface area contributed by atoms with Crippen molar-refractivity contribution in [3.8, 4) is 0 Å². The van der Waals surface area contributed by atoms with Gasteiger partial charge in [-0.1, -0.05) is 84.9 Å². The highest BCUT2D eigenvalue weighted by Crippen LogP contribution is 2.55. The summed E-state index contributed by atoms with van der Waals surface area (Å²) in [5.41, 5.74) is 7.64. The molecule has 0 radical (unpaired) electrons. The van der Waals surface area contributed by atoms with E-state index in [4.69, 9.17) is 13.3 Å². The molecular formula is C41H41NO3. The van der Waals surface area contributed by atoms with Crippen LogP contribution in [0.5, 0.6) is 0 Å². The lowest BCUT2D eigenvalue weighted by molar-refractivity contribution is 0.0637. The lowest BCUT2D eigenvalue weighted by atomic mass is 9.61. The number of furan rings is 3. The highest BCUT2D eigenvalue weighted by atomic mass is 16.4. The van der Waals surface area contributed by atoms with Crippen LogP contribution >= 0.6 is 0 Å². The maximum atomic E-state index is 6.71. The number of hydrogen-bond acceptors (Lipinski definition) is 4. The van der Waals surface area contributed by atoms with Crippen molar-refractivity contribution in [2.75, 3.05) is 14.1 Å². The summed E-state index contributed by atoms with van der Waals surface area (Å²) in [6.45, 7) is 6.48. The molecule has 0 N–H and O–H groups in total. The van der Waals surface area contributed by atoms with E-state index >= 15 is 0 Å². The van der Waals surface area contributed by atoms with E-state index in [1.807, 2.05) is 25.1 Å². The molecule has 0 amide bonds. The molecule has 228 valence electrons. The highest BCUT2D eigenvalue weighted by molar-refractivity contribution is 5.85. The Kier molecular flexibility index (Phi) is 7.41. The summed E-state index contributed by atoms with van der Waals surface area (Å²) in [5, 5.41) is 3.61. The second-order valence-corrected chi connectivity index (χ2v) is 12.9. The van der Waals surface area contributed by atoms with Gasteiger partial charge in [0.15, 0.2) is 0 Å². The number of rotatable bonds is 4. The molecule has 1 aliphatic rings. The fourth-order valence-corrected chi connectivity index (χ4v) is 7.76. The van der Waals surface area contributed by atoms with Crippen molar-refractivity contribution in [3.63, 3.8) is 0 Å². The molecule has 0 atom stereocenters. The maximum absolute atomic E-state index is 6.71. The molecule has 0 saturated heterocycles. The third-order valence-corrected chi connectivity index (χ3v) is 10.3. The van der Waals surface area contributed by atoms with Crippen molar-refractivity contribution in [1.82, 2.24) is 4.90 Å². The molecule has 0 spiro atoms. The van der Waals surface area contributed by atoms with E-state index in [1.54, 1.807) is 6.26 Å². The number of aryl methyl sites for hydroxylation is 3. The summed E-state index contributed by atoms with van der Waals surface area (Å²) >= 11 is 0. The van der Waals surface area contributed by atoms with Crippen LogP contribution in [0.3, 0.4) is 0 Å². The molecular weight excluding hydrogens is 554 g/mol. The fourth-order valence-electron chi connectivity index (χ4n) is 7.76. The first kappa shape index (κ1) is 29.2. The molecule has 0 aliphatic heterocycles. The monoisotopic (exact) mass is 595 g/mol. The summed E-state index contributed by atoms with van der Waals surface area (Å²) < 4.78 is 18.7. The number of hydrogen-bond donors (Lipinski definition) is 0. The van der Waals surface area contributed by atoms with Crippen LogP contribution in [0, 0.1) is 20.8 Å².